The second-order valence-corrected chi connectivity index (χ2v) is 8.48. The number of likely N-dealkylation sites (tertiary alicyclic amines) is 1. The molecule has 2 aliphatic heterocycles. The molecule has 2 atom stereocenters. The van der Waals surface area contributed by atoms with Gasteiger partial charge in [0.15, 0.2) is 0 Å². The van der Waals surface area contributed by atoms with Gasteiger partial charge in [-0.15, -0.1) is 0 Å². The van der Waals surface area contributed by atoms with E-state index in [-0.39, 0.29) is 5.91 Å². The fourth-order valence-electron chi connectivity index (χ4n) is 4.74. The van der Waals surface area contributed by atoms with Gasteiger partial charge in [0.2, 0.25) is 5.91 Å². The van der Waals surface area contributed by atoms with Gasteiger partial charge in [-0.3, -0.25) is 4.79 Å². The van der Waals surface area contributed by atoms with Crippen molar-refractivity contribution in [3.63, 3.8) is 0 Å². The molecule has 8 heteroatoms. The number of carbonyl (C=O) groups is 1. The number of rotatable bonds is 6. The van der Waals surface area contributed by atoms with E-state index in [0.29, 0.717) is 30.1 Å². The number of amides is 1. The predicted octanol–water partition coefficient (Wildman–Crippen LogP) is 2.74. The molecule has 0 radical (unpaired) electrons. The van der Waals surface area contributed by atoms with Crippen LogP contribution in [0, 0.1) is 0 Å². The van der Waals surface area contributed by atoms with Gasteiger partial charge in [0.05, 0.1) is 10.5 Å². The Balaban J connectivity index is 1.13. The number of anilines is 1. The van der Waals surface area contributed by atoms with Crippen molar-refractivity contribution in [1.82, 2.24) is 24.8 Å². The lowest BCUT2D eigenvalue weighted by Gasteiger charge is -2.41. The molecule has 3 aromatic heterocycles. The zero-order valence-electron chi connectivity index (χ0n) is 16.7. The smallest absolute Gasteiger partial charge is 0.223 e. The maximum absolute atomic E-state index is 12.8. The first-order chi connectivity index (χ1) is 14.7. The molecular formula is C22H25ClN6O. The summed E-state index contributed by atoms with van der Waals surface area (Å²) >= 11 is 5.98. The Morgan fingerprint density at radius 1 is 1.17 bits per heavy atom. The van der Waals surface area contributed by atoms with E-state index in [1.54, 1.807) is 12.4 Å². The van der Waals surface area contributed by atoms with Crippen molar-refractivity contribution in [2.24, 2.45) is 0 Å². The standard InChI is InChI=1S/C22H25ClN6O/c23-17-3-6-21(25-13-17)29-18-4-5-19(29)15-27(14-18)22(30)8-9-24-12-16-2-1-11-28-20(16)7-10-26-28/h1-3,6-7,10-11,13,18-19,24H,4-5,8-9,12,14-15H2. The van der Waals surface area contributed by atoms with Crippen molar-refractivity contribution in [3.8, 4) is 0 Å². The minimum atomic E-state index is 0.227. The first-order valence-electron chi connectivity index (χ1n) is 10.5. The summed E-state index contributed by atoms with van der Waals surface area (Å²) in [7, 11) is 0. The van der Waals surface area contributed by atoms with Crippen LogP contribution in [0.4, 0.5) is 5.82 Å². The predicted molar refractivity (Wildman–Crippen MR) is 117 cm³/mol. The largest absolute Gasteiger partial charge is 0.347 e. The molecule has 2 fully saturated rings. The fraction of sp³-hybridized carbons (Fsp3) is 0.409. The van der Waals surface area contributed by atoms with Gasteiger partial charge in [-0.1, -0.05) is 17.7 Å². The first kappa shape index (κ1) is 19.3. The Kier molecular flexibility index (Phi) is 5.31. The van der Waals surface area contributed by atoms with E-state index in [0.717, 1.165) is 43.8 Å². The SMILES string of the molecule is O=C(CCNCc1cccn2nccc12)N1CC2CCC(C1)N2c1ccc(Cl)cn1. The fourth-order valence-corrected chi connectivity index (χ4v) is 4.85. The lowest BCUT2D eigenvalue weighted by atomic mass is 10.1. The highest BCUT2D eigenvalue weighted by molar-refractivity contribution is 6.30. The Labute approximate surface area is 180 Å². The molecule has 7 nitrogen and oxygen atoms in total. The van der Waals surface area contributed by atoms with Crippen molar-refractivity contribution in [2.45, 2.75) is 37.9 Å². The van der Waals surface area contributed by atoms with E-state index >= 15 is 0 Å². The molecular weight excluding hydrogens is 400 g/mol. The van der Waals surface area contributed by atoms with Crippen LogP contribution >= 0.6 is 11.6 Å². The Morgan fingerprint density at radius 3 is 2.77 bits per heavy atom. The molecule has 0 aromatic carbocycles. The summed E-state index contributed by atoms with van der Waals surface area (Å²) in [5.41, 5.74) is 2.28. The van der Waals surface area contributed by atoms with Crippen LogP contribution in [0.1, 0.15) is 24.8 Å². The van der Waals surface area contributed by atoms with Crippen LogP contribution < -0.4 is 10.2 Å². The zero-order valence-corrected chi connectivity index (χ0v) is 17.5. The van der Waals surface area contributed by atoms with E-state index in [9.17, 15) is 4.79 Å². The van der Waals surface area contributed by atoms with Crippen LogP contribution in [0.15, 0.2) is 48.9 Å². The molecule has 156 valence electrons. The monoisotopic (exact) mass is 424 g/mol. The van der Waals surface area contributed by atoms with Crippen LogP contribution in [0.2, 0.25) is 5.02 Å². The maximum atomic E-state index is 12.8. The van der Waals surface area contributed by atoms with Crippen molar-refractivity contribution in [1.29, 1.82) is 0 Å². The highest BCUT2D eigenvalue weighted by atomic mass is 35.5. The number of halogens is 1. The van der Waals surface area contributed by atoms with E-state index < -0.39 is 0 Å². The number of piperazine rings is 1. The number of hydrogen-bond donors (Lipinski definition) is 1. The number of nitrogens with zero attached hydrogens (tertiary/aromatic N) is 5. The highest BCUT2D eigenvalue weighted by Gasteiger charge is 2.41. The van der Waals surface area contributed by atoms with Crippen molar-refractivity contribution in [3.05, 3.63) is 59.5 Å². The summed E-state index contributed by atoms with van der Waals surface area (Å²) in [4.78, 5) is 21.7. The summed E-state index contributed by atoms with van der Waals surface area (Å²) in [6.45, 7) is 2.94. The molecule has 2 bridgehead atoms. The van der Waals surface area contributed by atoms with Gasteiger partial charge in [0.25, 0.3) is 0 Å². The van der Waals surface area contributed by atoms with Crippen LogP contribution in [0.25, 0.3) is 5.52 Å². The lowest BCUT2D eigenvalue weighted by Crippen LogP contribution is -2.56. The van der Waals surface area contributed by atoms with E-state index in [4.69, 9.17) is 11.6 Å². The molecule has 0 aliphatic carbocycles. The summed E-state index contributed by atoms with van der Waals surface area (Å²) in [6, 6.07) is 10.6. The molecule has 1 N–H and O–H groups in total. The number of carbonyl (C=O) groups excluding carboxylic acids is 1. The quantitative estimate of drug-likeness (QED) is 0.616. The molecule has 0 saturated carbocycles. The number of aromatic nitrogens is 3. The third-order valence-electron chi connectivity index (χ3n) is 6.17. The number of fused-ring (bicyclic) bond motifs is 3. The Morgan fingerprint density at radius 2 is 2.00 bits per heavy atom. The summed E-state index contributed by atoms with van der Waals surface area (Å²) in [6.07, 6.45) is 8.16. The molecule has 0 spiro atoms. The average molecular weight is 425 g/mol. The van der Waals surface area contributed by atoms with Crippen molar-refractivity contribution in [2.75, 3.05) is 24.5 Å². The molecule has 3 aromatic rings. The van der Waals surface area contributed by atoms with E-state index in [1.807, 2.05) is 39.9 Å². The van der Waals surface area contributed by atoms with Gasteiger partial charge in [-0.05, 0) is 42.7 Å². The van der Waals surface area contributed by atoms with Crippen LogP contribution in [-0.2, 0) is 11.3 Å². The lowest BCUT2D eigenvalue weighted by molar-refractivity contribution is -0.132. The highest BCUT2D eigenvalue weighted by Crippen LogP contribution is 2.34. The number of nitrogens with one attached hydrogen (secondary N) is 1. The minimum absolute atomic E-state index is 0.227. The van der Waals surface area contributed by atoms with Crippen LogP contribution in [0.5, 0.6) is 0 Å². The molecule has 30 heavy (non-hydrogen) atoms. The molecule has 2 aliphatic rings. The third kappa shape index (κ3) is 3.75. The van der Waals surface area contributed by atoms with Gasteiger partial charge >= 0.3 is 0 Å². The Bertz CT molecular complexity index is 1020. The normalized spacial score (nSPS) is 20.8. The van der Waals surface area contributed by atoms with Crippen LogP contribution in [-0.4, -0.2) is 57.1 Å². The van der Waals surface area contributed by atoms with Gasteiger partial charge in [-0.2, -0.15) is 5.10 Å². The second kappa shape index (κ2) is 8.24. The molecule has 1 amide bonds. The number of pyridine rings is 2. The second-order valence-electron chi connectivity index (χ2n) is 8.05. The topological polar surface area (TPSA) is 65.8 Å². The minimum Gasteiger partial charge on any atom is -0.347 e. The van der Waals surface area contributed by atoms with E-state index in [2.05, 4.69) is 26.4 Å². The summed E-state index contributed by atoms with van der Waals surface area (Å²) in [5, 5.41) is 8.32. The third-order valence-corrected chi connectivity index (χ3v) is 6.39. The molecule has 2 unspecified atom stereocenters. The summed E-state index contributed by atoms with van der Waals surface area (Å²) in [5.74, 6) is 1.19. The Hall–Kier alpha value is -2.64. The first-order valence-corrected chi connectivity index (χ1v) is 10.9. The van der Waals surface area contributed by atoms with Gasteiger partial charge in [-0.25, -0.2) is 9.50 Å². The average Bonchev–Trinajstić information content (AvgIpc) is 3.34. The van der Waals surface area contributed by atoms with Crippen LogP contribution in [0.3, 0.4) is 0 Å². The maximum Gasteiger partial charge on any atom is 0.223 e. The number of hydrogen-bond acceptors (Lipinski definition) is 5. The molecule has 5 rings (SSSR count). The van der Waals surface area contributed by atoms with E-state index in [1.165, 1.54) is 5.56 Å². The van der Waals surface area contributed by atoms with Crippen molar-refractivity contribution < 1.29 is 4.79 Å². The molecule has 2 saturated heterocycles. The molecule has 5 heterocycles. The van der Waals surface area contributed by atoms with Gasteiger partial charge in [0, 0.05) is 63.3 Å². The zero-order chi connectivity index (χ0) is 20.5. The summed E-state index contributed by atoms with van der Waals surface area (Å²) < 4.78 is 1.87. The van der Waals surface area contributed by atoms with Gasteiger partial charge in [0.1, 0.15) is 5.82 Å². The van der Waals surface area contributed by atoms with Gasteiger partial charge < -0.3 is 15.1 Å². The van der Waals surface area contributed by atoms with Crippen molar-refractivity contribution >= 4 is 28.8 Å².